The zero-order valence-corrected chi connectivity index (χ0v) is 16.4. The van der Waals surface area contributed by atoms with Crippen LogP contribution in [0.3, 0.4) is 0 Å². The van der Waals surface area contributed by atoms with E-state index >= 15 is 0 Å². The Balaban J connectivity index is 1.55. The molecule has 0 radical (unpaired) electrons. The molecule has 2 saturated heterocycles. The molecule has 0 aromatic rings. The van der Waals surface area contributed by atoms with Crippen molar-refractivity contribution in [3.63, 3.8) is 0 Å². The second-order valence-electron chi connectivity index (χ2n) is 7.70. The van der Waals surface area contributed by atoms with Crippen LogP contribution < -0.4 is 0 Å². The lowest BCUT2D eigenvalue weighted by molar-refractivity contribution is 0.0664. The Morgan fingerprint density at radius 2 is 1.16 bits per heavy atom. The van der Waals surface area contributed by atoms with Crippen LogP contribution in [0.2, 0.25) is 0 Å². The first-order chi connectivity index (χ1) is 12.2. The Kier molecular flexibility index (Phi) is 9.22. The van der Waals surface area contributed by atoms with Gasteiger partial charge in [0.25, 0.3) is 0 Å². The Labute approximate surface area is 154 Å². The summed E-state index contributed by atoms with van der Waals surface area (Å²) in [6.45, 7) is 7.37. The molecule has 2 unspecified atom stereocenters. The van der Waals surface area contributed by atoms with E-state index in [0.717, 1.165) is 26.1 Å². The molecule has 3 nitrogen and oxygen atoms in total. The molecule has 0 saturated carbocycles. The van der Waals surface area contributed by atoms with Gasteiger partial charge in [0.2, 0.25) is 0 Å². The maximum Gasteiger partial charge on any atom is 0.133 e. The molecule has 2 rings (SSSR count). The lowest BCUT2D eigenvalue weighted by Crippen LogP contribution is -2.23. The molecule has 2 aliphatic rings. The second kappa shape index (κ2) is 11.2. The highest BCUT2D eigenvalue weighted by Crippen LogP contribution is 2.33. The molecular weight excluding hydrogens is 312 g/mol. The fraction of sp³-hybridized carbons (Fsp3) is 0.818. The third-order valence-corrected chi connectivity index (χ3v) is 5.01. The zero-order chi connectivity index (χ0) is 17.8. The Hall–Kier alpha value is -0.640. The third kappa shape index (κ3) is 8.52. The normalized spacial score (nSPS) is 28.2. The quantitative estimate of drug-likeness (QED) is 0.207. The van der Waals surface area contributed by atoms with Crippen molar-refractivity contribution in [3.8, 4) is 0 Å². The average Bonchev–Trinajstić information content (AvgIpc) is 3.53. The fourth-order valence-corrected chi connectivity index (χ4v) is 3.01. The van der Waals surface area contributed by atoms with Crippen molar-refractivity contribution < 1.29 is 14.2 Å². The third-order valence-electron chi connectivity index (χ3n) is 5.01. The van der Waals surface area contributed by atoms with Gasteiger partial charge in [0.1, 0.15) is 11.2 Å². The summed E-state index contributed by atoms with van der Waals surface area (Å²) < 4.78 is 17.2. The number of rotatable bonds is 16. The smallest absolute Gasteiger partial charge is 0.133 e. The topological polar surface area (TPSA) is 34.3 Å². The first-order valence-electron chi connectivity index (χ1n) is 10.5. The molecule has 2 aliphatic heterocycles. The summed E-state index contributed by atoms with van der Waals surface area (Å²) >= 11 is 0. The summed E-state index contributed by atoms with van der Waals surface area (Å²) in [5.41, 5.74) is -0.296. The van der Waals surface area contributed by atoms with Gasteiger partial charge in [-0.2, -0.15) is 0 Å². The fourth-order valence-electron chi connectivity index (χ4n) is 3.01. The maximum absolute atomic E-state index is 5.93. The van der Waals surface area contributed by atoms with Crippen LogP contribution in [-0.2, 0) is 14.2 Å². The predicted octanol–water partition coefficient (Wildman–Crippen LogP) is 5.59. The van der Waals surface area contributed by atoms with Gasteiger partial charge in [0.15, 0.2) is 0 Å². The van der Waals surface area contributed by atoms with Gasteiger partial charge in [-0.15, -0.1) is 0 Å². The molecule has 0 aromatic carbocycles. The summed E-state index contributed by atoms with van der Waals surface area (Å²) in [7, 11) is 0. The van der Waals surface area contributed by atoms with E-state index in [2.05, 4.69) is 38.2 Å². The van der Waals surface area contributed by atoms with Gasteiger partial charge in [-0.25, -0.2) is 0 Å². The van der Waals surface area contributed by atoms with Crippen LogP contribution in [0.15, 0.2) is 24.3 Å². The predicted molar refractivity (Wildman–Crippen MR) is 104 cm³/mol. The van der Waals surface area contributed by atoms with Gasteiger partial charge in [0, 0.05) is 0 Å². The van der Waals surface area contributed by atoms with E-state index in [9.17, 15) is 0 Å². The summed E-state index contributed by atoms with van der Waals surface area (Å²) in [4.78, 5) is 0. The molecular formula is C22H38O3. The Morgan fingerprint density at radius 3 is 1.52 bits per heavy atom. The van der Waals surface area contributed by atoms with Crippen molar-refractivity contribution in [3.05, 3.63) is 24.3 Å². The van der Waals surface area contributed by atoms with E-state index in [1.807, 2.05) is 0 Å². The van der Waals surface area contributed by atoms with Gasteiger partial charge >= 0.3 is 0 Å². The molecule has 2 heterocycles. The summed E-state index contributed by atoms with van der Waals surface area (Å²) in [5, 5.41) is 0. The van der Waals surface area contributed by atoms with Gasteiger partial charge in [-0.1, -0.05) is 76.7 Å². The minimum Gasteiger partial charge on any atom is -0.375 e. The van der Waals surface area contributed by atoms with Gasteiger partial charge in [-0.3, -0.25) is 0 Å². The molecule has 144 valence electrons. The Morgan fingerprint density at radius 1 is 0.720 bits per heavy atom. The van der Waals surface area contributed by atoms with Crippen molar-refractivity contribution in [2.24, 2.45) is 0 Å². The zero-order valence-electron chi connectivity index (χ0n) is 16.4. The molecule has 0 aliphatic carbocycles. The summed E-state index contributed by atoms with van der Waals surface area (Å²) in [6.07, 6.45) is 21.7. The number of allylic oxidation sites excluding steroid dienone is 2. The van der Waals surface area contributed by atoms with Crippen LogP contribution in [0.1, 0.15) is 78.1 Å². The molecule has 2 fully saturated rings. The summed E-state index contributed by atoms with van der Waals surface area (Å²) in [5.74, 6) is 0. The van der Waals surface area contributed by atoms with Crippen LogP contribution in [0, 0.1) is 0 Å². The van der Waals surface area contributed by atoms with E-state index < -0.39 is 0 Å². The second-order valence-corrected chi connectivity index (χ2v) is 7.70. The largest absolute Gasteiger partial charge is 0.375 e. The number of ether oxygens (including phenoxy) is 3. The van der Waals surface area contributed by atoms with Gasteiger partial charge in [-0.05, 0) is 25.7 Å². The summed E-state index contributed by atoms with van der Waals surface area (Å²) in [6, 6.07) is 0. The van der Waals surface area contributed by atoms with Crippen molar-refractivity contribution in [2.45, 2.75) is 89.3 Å². The molecule has 0 bridgehead atoms. The van der Waals surface area contributed by atoms with E-state index in [0.29, 0.717) is 13.2 Å². The molecule has 0 N–H and O–H groups in total. The van der Waals surface area contributed by atoms with Crippen LogP contribution in [0.25, 0.3) is 0 Å². The van der Waals surface area contributed by atoms with Crippen molar-refractivity contribution >= 4 is 0 Å². The van der Waals surface area contributed by atoms with Crippen molar-refractivity contribution in [2.75, 3.05) is 26.4 Å². The molecule has 0 amide bonds. The highest BCUT2D eigenvalue weighted by molar-refractivity contribution is 5.12. The van der Waals surface area contributed by atoms with E-state index in [-0.39, 0.29) is 11.2 Å². The minimum absolute atomic E-state index is 0.148. The first kappa shape index (κ1) is 20.7. The lowest BCUT2D eigenvalue weighted by Gasteiger charge is -2.11. The number of hydrogen-bond acceptors (Lipinski definition) is 3. The van der Waals surface area contributed by atoms with Gasteiger partial charge in [0.05, 0.1) is 26.4 Å². The van der Waals surface area contributed by atoms with E-state index in [1.165, 1.54) is 51.4 Å². The standard InChI is InChI=1S/C22H38O3/c1-3-5-7-9-11-13-15-21(19-24-21)17-23-18-22(20-25-22)16-14-12-10-8-6-4-2/h13-16H,3-12,17-20H2,1-2H3. The monoisotopic (exact) mass is 350 g/mol. The SMILES string of the molecule is CCCCCCC=CC1(COCC2(C=CCCCCCC)CO2)CO1. The molecule has 25 heavy (non-hydrogen) atoms. The Bertz CT molecular complexity index is 367. The van der Waals surface area contributed by atoms with E-state index in [4.69, 9.17) is 14.2 Å². The highest BCUT2D eigenvalue weighted by atomic mass is 16.6. The number of epoxide rings is 2. The lowest BCUT2D eigenvalue weighted by atomic mass is 10.1. The molecule has 0 aromatic heterocycles. The first-order valence-corrected chi connectivity index (χ1v) is 10.5. The molecule has 2 atom stereocenters. The van der Waals surface area contributed by atoms with Gasteiger partial charge < -0.3 is 14.2 Å². The maximum atomic E-state index is 5.93. The van der Waals surface area contributed by atoms with Crippen LogP contribution in [-0.4, -0.2) is 37.6 Å². The number of hydrogen-bond donors (Lipinski definition) is 0. The van der Waals surface area contributed by atoms with Crippen LogP contribution >= 0.6 is 0 Å². The highest BCUT2D eigenvalue weighted by Gasteiger charge is 2.46. The minimum atomic E-state index is -0.148. The van der Waals surface area contributed by atoms with Crippen LogP contribution in [0.4, 0.5) is 0 Å². The van der Waals surface area contributed by atoms with Crippen LogP contribution in [0.5, 0.6) is 0 Å². The molecule has 3 heteroatoms. The number of unbranched alkanes of at least 4 members (excludes halogenated alkanes) is 8. The molecule has 0 spiro atoms. The average molecular weight is 351 g/mol. The van der Waals surface area contributed by atoms with Crippen molar-refractivity contribution in [1.29, 1.82) is 0 Å². The van der Waals surface area contributed by atoms with E-state index in [1.54, 1.807) is 0 Å². The van der Waals surface area contributed by atoms with Crippen molar-refractivity contribution in [1.82, 2.24) is 0 Å².